The highest BCUT2D eigenvalue weighted by Crippen LogP contribution is 1.98. The molecule has 0 saturated heterocycles. The molecular weight excluding hydrogens is 273 g/mol. The zero-order chi connectivity index (χ0) is 8.27. The Balaban J connectivity index is 2.90. The van der Waals surface area contributed by atoms with E-state index in [9.17, 15) is 0 Å². The van der Waals surface area contributed by atoms with Crippen molar-refractivity contribution in [3.05, 3.63) is 21.8 Å². The highest BCUT2D eigenvalue weighted by atomic mass is 127. The summed E-state index contributed by atoms with van der Waals surface area (Å²) in [5, 5.41) is 2.83. The van der Waals surface area contributed by atoms with Crippen molar-refractivity contribution >= 4 is 39.8 Å². The lowest BCUT2D eigenvalue weighted by Gasteiger charge is -1.99. The third-order valence-corrected chi connectivity index (χ3v) is 2.05. The third-order valence-electron chi connectivity index (χ3n) is 1.08. The monoisotopic (exact) mass is 279 g/mol. The van der Waals surface area contributed by atoms with E-state index in [1.807, 2.05) is 0 Å². The van der Waals surface area contributed by atoms with Gasteiger partial charge >= 0.3 is 0 Å². The van der Waals surface area contributed by atoms with Gasteiger partial charge in [0.25, 0.3) is 0 Å². The van der Waals surface area contributed by atoms with E-state index in [2.05, 4.69) is 37.9 Å². The first-order chi connectivity index (χ1) is 5.24. The Hall–Kier alpha value is -0.300. The van der Waals surface area contributed by atoms with Crippen LogP contribution in [0.25, 0.3) is 0 Å². The highest BCUT2D eigenvalue weighted by molar-refractivity contribution is 14.1. The van der Waals surface area contributed by atoms with Crippen molar-refractivity contribution in [2.24, 2.45) is 0 Å². The van der Waals surface area contributed by atoms with Crippen LogP contribution in [0.3, 0.4) is 0 Å². The number of hydrogen-bond donors (Lipinski definition) is 1. The number of aromatic nitrogens is 2. The van der Waals surface area contributed by atoms with Crippen molar-refractivity contribution < 1.29 is 0 Å². The molecule has 11 heavy (non-hydrogen) atoms. The average Bonchev–Trinajstić information content (AvgIpc) is 2.05. The van der Waals surface area contributed by atoms with Gasteiger partial charge in [-0.2, -0.15) is 0 Å². The van der Waals surface area contributed by atoms with Crippen LogP contribution in [0.2, 0.25) is 0 Å². The quantitative estimate of drug-likeness (QED) is 0.614. The van der Waals surface area contributed by atoms with E-state index in [0.717, 1.165) is 3.70 Å². The number of nitrogens with zero attached hydrogens (tertiary/aromatic N) is 2. The zero-order valence-electron chi connectivity index (χ0n) is 5.84. The molecule has 0 aliphatic rings. The van der Waals surface area contributed by atoms with Crippen LogP contribution in [0.5, 0.6) is 0 Å². The summed E-state index contributed by atoms with van der Waals surface area (Å²) in [6.07, 6.45) is 3.33. The molecule has 1 aromatic heterocycles. The second-order valence-electron chi connectivity index (χ2n) is 1.80. The maximum Gasteiger partial charge on any atom is 0.126 e. The van der Waals surface area contributed by atoms with Gasteiger partial charge in [0.05, 0.1) is 12.4 Å². The van der Waals surface area contributed by atoms with Gasteiger partial charge in [0.2, 0.25) is 0 Å². The van der Waals surface area contributed by atoms with Gasteiger partial charge in [0.1, 0.15) is 14.4 Å². The van der Waals surface area contributed by atoms with E-state index in [1.54, 1.807) is 19.4 Å². The molecule has 0 amide bonds. The van der Waals surface area contributed by atoms with Crippen LogP contribution >= 0.6 is 34.8 Å². The number of nitrogens with one attached hydrogen (secondary N) is 1. The summed E-state index contributed by atoms with van der Waals surface area (Å²) in [5.74, 6) is 0. The Morgan fingerprint density at radius 3 is 2.73 bits per heavy atom. The van der Waals surface area contributed by atoms with Gasteiger partial charge in [0, 0.05) is 7.05 Å². The largest absolute Gasteiger partial charge is 0.378 e. The molecule has 0 unspecified atom stereocenters. The van der Waals surface area contributed by atoms with E-state index >= 15 is 0 Å². The molecule has 0 aliphatic heterocycles. The van der Waals surface area contributed by atoms with Gasteiger partial charge in [-0.1, -0.05) is 12.2 Å². The van der Waals surface area contributed by atoms with E-state index < -0.39 is 0 Å². The summed E-state index contributed by atoms with van der Waals surface area (Å²) in [6.45, 7) is 0. The molecule has 0 radical (unpaired) electrons. The number of hydrogen-bond acceptors (Lipinski definition) is 3. The normalized spacial score (nSPS) is 9.27. The molecule has 0 spiro atoms. The highest BCUT2D eigenvalue weighted by Gasteiger charge is 1.98. The van der Waals surface area contributed by atoms with Crippen LogP contribution in [0.4, 0.5) is 0 Å². The standard InChI is InChI=1S/C6H6IN3S/c1-8-6(11)4-2-10-5(7)3-9-4/h2-3H,1H3,(H,8,11). The lowest BCUT2D eigenvalue weighted by molar-refractivity contribution is 1.11. The minimum Gasteiger partial charge on any atom is -0.378 e. The first-order valence-electron chi connectivity index (χ1n) is 2.93. The predicted molar refractivity (Wildman–Crippen MR) is 55.5 cm³/mol. The van der Waals surface area contributed by atoms with Crippen LogP contribution in [0.15, 0.2) is 12.4 Å². The first kappa shape index (κ1) is 8.79. The molecule has 0 saturated carbocycles. The van der Waals surface area contributed by atoms with Gasteiger partial charge in [0.15, 0.2) is 0 Å². The fraction of sp³-hybridized carbons (Fsp3) is 0.167. The molecule has 0 aliphatic carbocycles. The Kier molecular flexibility index (Phi) is 3.13. The number of halogens is 1. The first-order valence-corrected chi connectivity index (χ1v) is 4.42. The summed E-state index contributed by atoms with van der Waals surface area (Å²) in [4.78, 5) is 8.74. The maximum absolute atomic E-state index is 4.95. The van der Waals surface area contributed by atoms with Crippen molar-refractivity contribution in [1.29, 1.82) is 0 Å². The molecule has 0 aromatic carbocycles. The average molecular weight is 279 g/mol. The van der Waals surface area contributed by atoms with Crippen molar-refractivity contribution in [3.8, 4) is 0 Å². The zero-order valence-corrected chi connectivity index (χ0v) is 8.81. The number of rotatable bonds is 1. The van der Waals surface area contributed by atoms with E-state index in [1.165, 1.54) is 0 Å². The molecule has 3 nitrogen and oxygen atoms in total. The Labute approximate surface area is 83.8 Å². The SMILES string of the molecule is CNC(=S)c1cnc(I)cn1. The van der Waals surface area contributed by atoms with Gasteiger partial charge < -0.3 is 5.32 Å². The Morgan fingerprint density at radius 1 is 1.55 bits per heavy atom. The number of thiocarbonyl (C=S) groups is 1. The van der Waals surface area contributed by atoms with Crippen LogP contribution in [0, 0.1) is 3.70 Å². The predicted octanol–water partition coefficient (Wildman–Crippen LogP) is 0.976. The molecule has 0 fully saturated rings. The van der Waals surface area contributed by atoms with E-state index in [-0.39, 0.29) is 0 Å². The lowest BCUT2D eigenvalue weighted by atomic mass is 10.4. The van der Waals surface area contributed by atoms with Gasteiger partial charge in [-0.25, -0.2) is 9.97 Å². The van der Waals surface area contributed by atoms with E-state index in [0.29, 0.717) is 10.7 Å². The molecule has 58 valence electrons. The van der Waals surface area contributed by atoms with E-state index in [4.69, 9.17) is 12.2 Å². The summed E-state index contributed by atoms with van der Waals surface area (Å²) in [7, 11) is 1.77. The van der Waals surface area contributed by atoms with Crippen molar-refractivity contribution in [1.82, 2.24) is 15.3 Å². The fourth-order valence-electron chi connectivity index (χ4n) is 0.558. The molecule has 5 heteroatoms. The van der Waals surface area contributed by atoms with Crippen molar-refractivity contribution in [3.63, 3.8) is 0 Å². The molecule has 1 N–H and O–H groups in total. The maximum atomic E-state index is 4.95. The minimum atomic E-state index is 0.619. The van der Waals surface area contributed by atoms with Crippen molar-refractivity contribution in [2.45, 2.75) is 0 Å². The lowest BCUT2D eigenvalue weighted by Crippen LogP contribution is -2.18. The molecule has 0 bridgehead atoms. The topological polar surface area (TPSA) is 37.8 Å². The van der Waals surface area contributed by atoms with Gasteiger partial charge in [-0.15, -0.1) is 0 Å². The second kappa shape index (κ2) is 3.91. The van der Waals surface area contributed by atoms with Crippen LogP contribution in [-0.4, -0.2) is 22.0 Å². The van der Waals surface area contributed by atoms with Crippen LogP contribution in [-0.2, 0) is 0 Å². The van der Waals surface area contributed by atoms with Gasteiger partial charge in [-0.3, -0.25) is 0 Å². The van der Waals surface area contributed by atoms with Crippen molar-refractivity contribution in [2.75, 3.05) is 7.05 Å². The van der Waals surface area contributed by atoms with Crippen LogP contribution < -0.4 is 5.32 Å². The summed E-state index contributed by atoms with van der Waals surface area (Å²) in [5.41, 5.74) is 0.711. The smallest absolute Gasteiger partial charge is 0.126 e. The summed E-state index contributed by atoms with van der Waals surface area (Å²) >= 11 is 7.04. The molecule has 1 rings (SSSR count). The molecule has 1 heterocycles. The summed E-state index contributed by atoms with van der Waals surface area (Å²) < 4.78 is 0.866. The van der Waals surface area contributed by atoms with Crippen LogP contribution in [0.1, 0.15) is 5.69 Å². The second-order valence-corrected chi connectivity index (χ2v) is 3.32. The minimum absolute atomic E-state index is 0.619. The Bertz CT molecular complexity index is 259. The Morgan fingerprint density at radius 2 is 2.27 bits per heavy atom. The summed E-state index contributed by atoms with van der Waals surface area (Å²) in [6, 6.07) is 0. The fourth-order valence-corrected chi connectivity index (χ4v) is 0.942. The van der Waals surface area contributed by atoms with Gasteiger partial charge in [-0.05, 0) is 22.6 Å². The third kappa shape index (κ3) is 2.33. The molecular formula is C6H6IN3S. The molecule has 1 aromatic rings. The molecule has 0 atom stereocenters.